The van der Waals surface area contributed by atoms with Crippen LogP contribution in [0.15, 0.2) is 24.3 Å². The predicted octanol–water partition coefficient (Wildman–Crippen LogP) is 4.90. The molecular weight excluding hydrogens is 396 g/mol. The van der Waals surface area contributed by atoms with Gasteiger partial charge >= 0.3 is 5.97 Å². The lowest BCUT2D eigenvalue weighted by atomic mass is 9.95. The summed E-state index contributed by atoms with van der Waals surface area (Å²) in [7, 11) is 1.39. The number of methoxy groups -OCH3 is 1. The smallest absolute Gasteiger partial charge is 0.341 e. The summed E-state index contributed by atoms with van der Waals surface area (Å²) in [5, 5.41) is 3.59. The zero-order valence-electron chi connectivity index (χ0n) is 17.8. The van der Waals surface area contributed by atoms with E-state index in [1.54, 1.807) is 0 Å². The molecule has 0 bridgehead atoms. The summed E-state index contributed by atoms with van der Waals surface area (Å²) in [4.78, 5) is 28.9. The van der Waals surface area contributed by atoms with Gasteiger partial charge < -0.3 is 10.1 Å². The molecule has 1 aromatic heterocycles. The number of likely N-dealkylation sites (tertiary alicyclic amines) is 1. The molecule has 30 heavy (non-hydrogen) atoms. The third-order valence-corrected chi connectivity index (χ3v) is 7.49. The van der Waals surface area contributed by atoms with Crippen molar-refractivity contribution in [3.8, 4) is 0 Å². The Morgan fingerprint density at radius 2 is 1.83 bits per heavy atom. The van der Waals surface area contributed by atoms with Gasteiger partial charge in [-0.25, -0.2) is 4.79 Å². The van der Waals surface area contributed by atoms with Crippen LogP contribution in [0.1, 0.15) is 69.3 Å². The average Bonchev–Trinajstić information content (AvgIpc) is 3.13. The largest absolute Gasteiger partial charge is 0.465 e. The summed E-state index contributed by atoms with van der Waals surface area (Å²) in [5.74, 6) is 0.276. The fourth-order valence-electron chi connectivity index (χ4n) is 4.39. The molecule has 2 heterocycles. The predicted molar refractivity (Wildman–Crippen MR) is 120 cm³/mol. The standard InChI is InChI=1S/C24H30N2O3S/c1-16-11-13-26(14-12-16)15-17-7-9-18(10-8-17)22(27)25-23-21(24(28)29-2)19-5-3-4-6-20(19)30-23/h7-10,16H,3-6,11-15H2,1-2H3,(H,25,27). The van der Waals surface area contributed by atoms with E-state index in [0.29, 0.717) is 16.1 Å². The quantitative estimate of drug-likeness (QED) is 0.691. The maximum absolute atomic E-state index is 12.9. The molecule has 1 aliphatic heterocycles. The molecule has 1 N–H and O–H groups in total. The molecule has 0 saturated carbocycles. The average molecular weight is 427 g/mol. The number of carbonyl (C=O) groups is 2. The summed E-state index contributed by atoms with van der Waals surface area (Å²) in [6, 6.07) is 7.83. The molecule has 0 radical (unpaired) electrons. The van der Waals surface area contributed by atoms with Crippen LogP contribution < -0.4 is 5.32 Å². The van der Waals surface area contributed by atoms with E-state index in [2.05, 4.69) is 17.1 Å². The molecule has 6 heteroatoms. The molecule has 1 saturated heterocycles. The van der Waals surface area contributed by atoms with E-state index in [0.717, 1.165) is 56.8 Å². The molecule has 1 amide bonds. The van der Waals surface area contributed by atoms with Gasteiger partial charge in [-0.3, -0.25) is 9.69 Å². The minimum atomic E-state index is -0.365. The molecule has 0 unspecified atom stereocenters. The van der Waals surface area contributed by atoms with E-state index in [9.17, 15) is 9.59 Å². The van der Waals surface area contributed by atoms with Gasteiger partial charge in [0.2, 0.25) is 0 Å². The van der Waals surface area contributed by atoms with Crippen LogP contribution in [0.4, 0.5) is 5.00 Å². The molecule has 1 fully saturated rings. The zero-order valence-corrected chi connectivity index (χ0v) is 18.6. The Labute approximate surface area is 182 Å². The number of benzene rings is 1. The molecule has 160 valence electrons. The van der Waals surface area contributed by atoms with Gasteiger partial charge in [-0.2, -0.15) is 0 Å². The van der Waals surface area contributed by atoms with E-state index in [-0.39, 0.29) is 11.9 Å². The van der Waals surface area contributed by atoms with Gasteiger partial charge in [0.1, 0.15) is 5.00 Å². The number of nitrogens with one attached hydrogen (secondary N) is 1. The molecule has 2 aromatic rings. The van der Waals surface area contributed by atoms with Crippen molar-refractivity contribution in [1.82, 2.24) is 4.90 Å². The third kappa shape index (κ3) is 4.60. The Balaban J connectivity index is 1.45. The highest BCUT2D eigenvalue weighted by Gasteiger charge is 2.27. The first-order valence-electron chi connectivity index (χ1n) is 10.9. The van der Waals surface area contributed by atoms with Gasteiger partial charge in [-0.05, 0) is 80.8 Å². The Morgan fingerprint density at radius 3 is 2.53 bits per heavy atom. The van der Waals surface area contributed by atoms with Crippen LogP contribution >= 0.6 is 11.3 Å². The SMILES string of the molecule is COC(=O)c1c(NC(=O)c2ccc(CN3CCC(C)CC3)cc2)sc2c1CCCC2. The van der Waals surface area contributed by atoms with Crippen molar-refractivity contribution in [2.75, 3.05) is 25.5 Å². The van der Waals surface area contributed by atoms with Crippen LogP contribution in [0.25, 0.3) is 0 Å². The molecule has 1 aliphatic carbocycles. The van der Waals surface area contributed by atoms with Crippen molar-refractivity contribution in [1.29, 1.82) is 0 Å². The number of thiophene rings is 1. The highest BCUT2D eigenvalue weighted by Crippen LogP contribution is 2.38. The summed E-state index contributed by atoms with van der Waals surface area (Å²) in [5.41, 5.74) is 3.43. The lowest BCUT2D eigenvalue weighted by Crippen LogP contribution is -2.32. The molecule has 2 aliphatic rings. The summed E-state index contributed by atoms with van der Waals surface area (Å²) < 4.78 is 4.99. The number of carbonyl (C=O) groups excluding carboxylic acids is 2. The van der Waals surface area contributed by atoms with Crippen molar-refractivity contribution >= 4 is 28.2 Å². The normalized spacial score (nSPS) is 17.4. The number of fused-ring (bicyclic) bond motifs is 1. The number of anilines is 1. The lowest BCUT2D eigenvalue weighted by Gasteiger charge is -2.30. The first-order chi connectivity index (χ1) is 14.5. The highest BCUT2D eigenvalue weighted by molar-refractivity contribution is 7.17. The maximum atomic E-state index is 12.9. The second-order valence-corrected chi connectivity index (χ2v) is 9.62. The van der Waals surface area contributed by atoms with Gasteiger partial charge in [0, 0.05) is 17.0 Å². The number of esters is 1. The second kappa shape index (κ2) is 9.31. The molecule has 5 nitrogen and oxygen atoms in total. The monoisotopic (exact) mass is 426 g/mol. The first-order valence-corrected chi connectivity index (χ1v) is 11.7. The van der Waals surface area contributed by atoms with E-state index >= 15 is 0 Å². The molecule has 1 aromatic carbocycles. The van der Waals surface area contributed by atoms with Crippen LogP contribution in [0.5, 0.6) is 0 Å². The Bertz CT molecular complexity index is 911. The fraction of sp³-hybridized carbons (Fsp3) is 0.500. The Kier molecular flexibility index (Phi) is 6.54. The first kappa shape index (κ1) is 21.1. The molecular formula is C24H30N2O3S. The topological polar surface area (TPSA) is 58.6 Å². The van der Waals surface area contributed by atoms with E-state index in [1.165, 1.54) is 41.7 Å². The van der Waals surface area contributed by atoms with Gasteiger partial charge in [-0.15, -0.1) is 11.3 Å². The van der Waals surface area contributed by atoms with Crippen LogP contribution in [-0.4, -0.2) is 37.0 Å². The van der Waals surface area contributed by atoms with E-state index in [1.807, 2.05) is 24.3 Å². The van der Waals surface area contributed by atoms with Gasteiger partial charge in [0.15, 0.2) is 0 Å². The van der Waals surface area contributed by atoms with Crippen LogP contribution in [0, 0.1) is 5.92 Å². The second-order valence-electron chi connectivity index (χ2n) is 8.52. The van der Waals surface area contributed by atoms with Crippen molar-refractivity contribution in [3.05, 3.63) is 51.4 Å². The fourth-order valence-corrected chi connectivity index (χ4v) is 5.66. The highest BCUT2D eigenvalue weighted by atomic mass is 32.1. The minimum absolute atomic E-state index is 0.183. The van der Waals surface area contributed by atoms with Crippen LogP contribution in [-0.2, 0) is 24.1 Å². The van der Waals surface area contributed by atoms with Crippen molar-refractivity contribution in [2.24, 2.45) is 5.92 Å². The van der Waals surface area contributed by atoms with Crippen LogP contribution in [0.3, 0.4) is 0 Å². The number of piperidine rings is 1. The number of nitrogens with zero attached hydrogens (tertiary/aromatic N) is 1. The molecule has 0 atom stereocenters. The Morgan fingerprint density at radius 1 is 1.13 bits per heavy atom. The summed E-state index contributed by atoms with van der Waals surface area (Å²) >= 11 is 1.52. The number of ether oxygens (including phenoxy) is 1. The number of aryl methyl sites for hydroxylation is 1. The number of amides is 1. The van der Waals surface area contributed by atoms with Crippen LogP contribution in [0.2, 0.25) is 0 Å². The van der Waals surface area contributed by atoms with Gasteiger partial charge in [-0.1, -0.05) is 19.1 Å². The van der Waals surface area contributed by atoms with Gasteiger partial charge in [0.05, 0.1) is 12.7 Å². The number of rotatable bonds is 5. The van der Waals surface area contributed by atoms with Gasteiger partial charge in [0.25, 0.3) is 5.91 Å². The zero-order chi connectivity index (χ0) is 21.1. The van der Waals surface area contributed by atoms with E-state index < -0.39 is 0 Å². The van der Waals surface area contributed by atoms with Crippen molar-refractivity contribution < 1.29 is 14.3 Å². The third-order valence-electron chi connectivity index (χ3n) is 6.29. The Hall–Kier alpha value is -2.18. The van der Waals surface area contributed by atoms with Crippen molar-refractivity contribution in [2.45, 2.75) is 52.0 Å². The molecule has 0 spiro atoms. The number of hydrogen-bond donors (Lipinski definition) is 1. The lowest BCUT2D eigenvalue weighted by molar-refractivity contribution is 0.0601. The summed E-state index contributed by atoms with van der Waals surface area (Å²) in [6.07, 6.45) is 6.54. The van der Waals surface area contributed by atoms with E-state index in [4.69, 9.17) is 4.74 Å². The molecule has 4 rings (SSSR count). The number of hydrogen-bond acceptors (Lipinski definition) is 5. The maximum Gasteiger partial charge on any atom is 0.341 e. The minimum Gasteiger partial charge on any atom is -0.465 e. The van der Waals surface area contributed by atoms with Crippen molar-refractivity contribution in [3.63, 3.8) is 0 Å². The summed E-state index contributed by atoms with van der Waals surface area (Å²) in [6.45, 7) is 5.53.